The molecular weight excluding hydrogens is 226 g/mol. The van der Waals surface area contributed by atoms with E-state index >= 15 is 0 Å². The molecule has 4 nitrogen and oxygen atoms in total. The molecule has 0 aromatic heterocycles. The molecule has 0 spiro atoms. The van der Waals surface area contributed by atoms with Crippen LogP contribution in [0.15, 0.2) is 24.3 Å². The molecule has 0 bridgehead atoms. The molecule has 0 radical (unpaired) electrons. The van der Waals surface area contributed by atoms with E-state index in [1.54, 1.807) is 12.1 Å². The summed E-state index contributed by atoms with van der Waals surface area (Å²) in [6, 6.07) is 9.45. The van der Waals surface area contributed by atoms with Crippen molar-refractivity contribution in [1.82, 2.24) is 5.32 Å². The van der Waals surface area contributed by atoms with Gasteiger partial charge in [-0.1, -0.05) is 6.92 Å². The summed E-state index contributed by atoms with van der Waals surface area (Å²) in [4.78, 5) is 13.6. The number of anilines is 1. The second-order valence-corrected chi connectivity index (χ2v) is 4.39. The number of hydrogen-bond acceptors (Lipinski definition) is 3. The van der Waals surface area contributed by atoms with E-state index in [2.05, 4.69) is 11.4 Å². The summed E-state index contributed by atoms with van der Waals surface area (Å²) >= 11 is 0. The molecule has 0 saturated carbocycles. The Bertz CT molecular complexity index is 433. The molecule has 1 N–H and O–H groups in total. The van der Waals surface area contributed by atoms with Crippen LogP contribution in [0.4, 0.5) is 5.69 Å². The standard InChI is InChI=1S/C14H19N3O/c1-4-11(2)16-14(18)10-17(3)13-7-5-12(9-15)6-8-13/h5-8,11H,4,10H2,1-3H3,(H,16,18). The first kappa shape index (κ1) is 14.0. The van der Waals surface area contributed by atoms with Crippen LogP contribution in [0.25, 0.3) is 0 Å². The minimum atomic E-state index is 0.0104. The van der Waals surface area contributed by atoms with Gasteiger partial charge in [0, 0.05) is 18.8 Å². The average molecular weight is 245 g/mol. The lowest BCUT2D eigenvalue weighted by atomic mass is 10.2. The summed E-state index contributed by atoms with van der Waals surface area (Å²) in [5.74, 6) is 0.0104. The number of carbonyl (C=O) groups is 1. The Hall–Kier alpha value is -2.02. The van der Waals surface area contributed by atoms with Crippen molar-refractivity contribution >= 4 is 11.6 Å². The molecule has 0 aliphatic heterocycles. The van der Waals surface area contributed by atoms with Crippen molar-refractivity contribution in [3.05, 3.63) is 29.8 Å². The van der Waals surface area contributed by atoms with Crippen LogP contribution in [0.1, 0.15) is 25.8 Å². The van der Waals surface area contributed by atoms with Crippen LogP contribution >= 0.6 is 0 Å². The fourth-order valence-corrected chi connectivity index (χ4v) is 1.52. The van der Waals surface area contributed by atoms with Crippen molar-refractivity contribution in [2.24, 2.45) is 0 Å². The molecule has 0 heterocycles. The Balaban J connectivity index is 2.56. The number of likely N-dealkylation sites (N-methyl/N-ethyl adjacent to an activating group) is 1. The normalized spacial score (nSPS) is 11.4. The molecule has 18 heavy (non-hydrogen) atoms. The van der Waals surface area contributed by atoms with Crippen LogP contribution in [0.5, 0.6) is 0 Å². The third-order valence-corrected chi connectivity index (χ3v) is 2.84. The zero-order chi connectivity index (χ0) is 13.5. The van der Waals surface area contributed by atoms with E-state index in [-0.39, 0.29) is 11.9 Å². The molecule has 0 aliphatic rings. The topological polar surface area (TPSA) is 56.1 Å². The highest BCUT2D eigenvalue weighted by Crippen LogP contribution is 2.12. The van der Waals surface area contributed by atoms with Crippen molar-refractivity contribution in [2.75, 3.05) is 18.5 Å². The number of carbonyl (C=O) groups excluding carboxylic acids is 1. The highest BCUT2D eigenvalue weighted by Gasteiger charge is 2.09. The number of amides is 1. The maximum absolute atomic E-state index is 11.7. The molecule has 0 saturated heterocycles. The minimum absolute atomic E-state index is 0.0104. The lowest BCUT2D eigenvalue weighted by molar-refractivity contribution is -0.120. The first-order valence-electron chi connectivity index (χ1n) is 6.07. The second-order valence-electron chi connectivity index (χ2n) is 4.39. The Labute approximate surface area is 108 Å². The zero-order valence-corrected chi connectivity index (χ0v) is 11.1. The Morgan fingerprint density at radius 3 is 2.56 bits per heavy atom. The Morgan fingerprint density at radius 2 is 2.06 bits per heavy atom. The number of rotatable bonds is 5. The number of nitrogens with one attached hydrogen (secondary N) is 1. The molecule has 1 atom stereocenters. The summed E-state index contributed by atoms with van der Waals surface area (Å²) < 4.78 is 0. The van der Waals surface area contributed by atoms with Gasteiger partial charge in [0.1, 0.15) is 0 Å². The van der Waals surface area contributed by atoms with Gasteiger partial charge in [-0.3, -0.25) is 4.79 Å². The molecule has 1 aromatic rings. The molecule has 0 fully saturated rings. The van der Waals surface area contributed by atoms with Gasteiger partial charge in [-0.05, 0) is 37.6 Å². The van der Waals surface area contributed by atoms with Crippen LogP contribution in [0.3, 0.4) is 0 Å². The molecular formula is C14H19N3O. The Morgan fingerprint density at radius 1 is 1.44 bits per heavy atom. The lowest BCUT2D eigenvalue weighted by Crippen LogP contribution is -2.39. The number of benzene rings is 1. The molecule has 4 heteroatoms. The smallest absolute Gasteiger partial charge is 0.239 e. The van der Waals surface area contributed by atoms with Crippen LogP contribution in [0, 0.1) is 11.3 Å². The molecule has 1 amide bonds. The van der Waals surface area contributed by atoms with Gasteiger partial charge in [-0.25, -0.2) is 0 Å². The van der Waals surface area contributed by atoms with E-state index in [9.17, 15) is 4.79 Å². The van der Waals surface area contributed by atoms with E-state index in [0.717, 1.165) is 12.1 Å². The van der Waals surface area contributed by atoms with Gasteiger partial charge >= 0.3 is 0 Å². The van der Waals surface area contributed by atoms with E-state index in [1.165, 1.54) is 0 Å². The van der Waals surface area contributed by atoms with Crippen LogP contribution < -0.4 is 10.2 Å². The van der Waals surface area contributed by atoms with Crippen molar-refractivity contribution in [3.8, 4) is 6.07 Å². The first-order valence-corrected chi connectivity index (χ1v) is 6.07. The first-order chi connectivity index (χ1) is 8.56. The Kier molecular flexibility index (Phi) is 5.19. The van der Waals surface area contributed by atoms with Gasteiger partial charge in [-0.2, -0.15) is 5.26 Å². The van der Waals surface area contributed by atoms with Crippen molar-refractivity contribution in [3.63, 3.8) is 0 Å². The zero-order valence-electron chi connectivity index (χ0n) is 11.1. The van der Waals surface area contributed by atoms with Gasteiger partial charge in [0.2, 0.25) is 5.91 Å². The number of nitrogens with zero attached hydrogens (tertiary/aromatic N) is 2. The van der Waals surface area contributed by atoms with Gasteiger partial charge in [0.25, 0.3) is 0 Å². The third-order valence-electron chi connectivity index (χ3n) is 2.84. The summed E-state index contributed by atoms with van der Waals surface area (Å²) in [7, 11) is 1.86. The van der Waals surface area contributed by atoms with Crippen molar-refractivity contribution in [1.29, 1.82) is 5.26 Å². The van der Waals surface area contributed by atoms with Gasteiger partial charge in [0.15, 0.2) is 0 Å². The average Bonchev–Trinajstić information content (AvgIpc) is 2.38. The summed E-state index contributed by atoms with van der Waals surface area (Å²) in [6.07, 6.45) is 0.923. The summed E-state index contributed by atoms with van der Waals surface area (Å²) in [5.41, 5.74) is 1.55. The molecule has 0 aliphatic carbocycles. The van der Waals surface area contributed by atoms with E-state index in [4.69, 9.17) is 5.26 Å². The van der Waals surface area contributed by atoms with Gasteiger partial charge in [-0.15, -0.1) is 0 Å². The number of hydrogen-bond donors (Lipinski definition) is 1. The lowest BCUT2D eigenvalue weighted by Gasteiger charge is -2.20. The van der Waals surface area contributed by atoms with E-state index < -0.39 is 0 Å². The third kappa shape index (κ3) is 4.10. The fourth-order valence-electron chi connectivity index (χ4n) is 1.52. The van der Waals surface area contributed by atoms with Crippen LogP contribution in [-0.4, -0.2) is 25.5 Å². The summed E-state index contributed by atoms with van der Waals surface area (Å²) in [6.45, 7) is 4.34. The maximum Gasteiger partial charge on any atom is 0.239 e. The molecule has 96 valence electrons. The largest absolute Gasteiger partial charge is 0.365 e. The monoisotopic (exact) mass is 245 g/mol. The molecule has 1 rings (SSSR count). The quantitative estimate of drug-likeness (QED) is 0.862. The van der Waals surface area contributed by atoms with Gasteiger partial charge < -0.3 is 10.2 Å². The van der Waals surface area contributed by atoms with E-state index in [1.807, 2.05) is 37.9 Å². The van der Waals surface area contributed by atoms with E-state index in [0.29, 0.717) is 12.1 Å². The molecule has 1 unspecified atom stereocenters. The van der Waals surface area contributed by atoms with Crippen molar-refractivity contribution < 1.29 is 4.79 Å². The maximum atomic E-state index is 11.7. The highest BCUT2D eigenvalue weighted by molar-refractivity contribution is 5.81. The minimum Gasteiger partial charge on any atom is -0.365 e. The fraction of sp³-hybridized carbons (Fsp3) is 0.429. The molecule has 1 aromatic carbocycles. The highest BCUT2D eigenvalue weighted by atomic mass is 16.2. The summed E-state index contributed by atoms with van der Waals surface area (Å²) in [5, 5.41) is 11.6. The van der Waals surface area contributed by atoms with Crippen LogP contribution in [0.2, 0.25) is 0 Å². The van der Waals surface area contributed by atoms with Gasteiger partial charge in [0.05, 0.1) is 18.2 Å². The number of nitriles is 1. The predicted molar refractivity (Wildman–Crippen MR) is 72.3 cm³/mol. The van der Waals surface area contributed by atoms with Crippen molar-refractivity contribution in [2.45, 2.75) is 26.3 Å². The predicted octanol–water partition coefficient (Wildman–Crippen LogP) is 1.91. The van der Waals surface area contributed by atoms with Crippen LogP contribution in [-0.2, 0) is 4.79 Å². The SMILES string of the molecule is CCC(C)NC(=O)CN(C)c1ccc(C#N)cc1. The second kappa shape index (κ2) is 6.65.